The van der Waals surface area contributed by atoms with E-state index in [9.17, 15) is 4.39 Å². The molecule has 0 aliphatic carbocycles. The van der Waals surface area contributed by atoms with Crippen LogP contribution in [0.25, 0.3) is 28.2 Å². The molecule has 1 aliphatic heterocycles. The van der Waals surface area contributed by atoms with Crippen LogP contribution in [0.4, 0.5) is 10.2 Å². The lowest BCUT2D eigenvalue weighted by Crippen LogP contribution is -2.17. The lowest BCUT2D eigenvalue weighted by atomic mass is 10.0. The van der Waals surface area contributed by atoms with E-state index < -0.39 is 0 Å². The van der Waals surface area contributed by atoms with Gasteiger partial charge in [0.2, 0.25) is 0 Å². The number of fused-ring (bicyclic) bond motifs is 2. The molecule has 0 spiro atoms. The first-order valence-electron chi connectivity index (χ1n) is 8.25. The number of nitrogens with zero attached hydrogens (tertiary/aromatic N) is 5. The summed E-state index contributed by atoms with van der Waals surface area (Å²) in [4.78, 5) is 4.20. The molecular weight excluding hydrogens is 335 g/mol. The van der Waals surface area contributed by atoms with Crippen molar-refractivity contribution in [1.29, 1.82) is 0 Å². The van der Waals surface area contributed by atoms with Gasteiger partial charge in [-0.25, -0.2) is 13.9 Å². The number of aromatic nitrogens is 5. The van der Waals surface area contributed by atoms with Crippen LogP contribution < -0.4 is 5.73 Å². The minimum Gasteiger partial charge on any atom is -0.382 e. The molecule has 0 atom stereocenters. The molecule has 130 valence electrons. The number of ether oxygens (including phenoxy) is 1. The molecule has 0 unspecified atom stereocenters. The van der Waals surface area contributed by atoms with E-state index in [4.69, 9.17) is 15.6 Å². The molecule has 1 aliphatic rings. The van der Waals surface area contributed by atoms with E-state index in [0.29, 0.717) is 31.2 Å². The number of anilines is 1. The van der Waals surface area contributed by atoms with Crippen molar-refractivity contribution in [2.24, 2.45) is 0 Å². The van der Waals surface area contributed by atoms with Gasteiger partial charge in [-0.1, -0.05) is 0 Å². The van der Waals surface area contributed by atoms with Gasteiger partial charge in [0.15, 0.2) is 5.65 Å². The number of rotatable bonds is 2. The highest BCUT2D eigenvalue weighted by atomic mass is 19.1. The Balaban J connectivity index is 1.75. The average Bonchev–Trinajstić information content (AvgIpc) is 3.21. The van der Waals surface area contributed by atoms with Crippen LogP contribution in [-0.2, 0) is 17.9 Å². The molecule has 0 radical (unpaired) electrons. The molecule has 2 N–H and O–H groups in total. The first-order chi connectivity index (χ1) is 12.7. The first kappa shape index (κ1) is 15.0. The van der Waals surface area contributed by atoms with E-state index >= 15 is 0 Å². The van der Waals surface area contributed by atoms with Crippen molar-refractivity contribution in [3.63, 3.8) is 0 Å². The highest BCUT2D eigenvalue weighted by molar-refractivity contribution is 5.81. The van der Waals surface area contributed by atoms with Gasteiger partial charge in [-0.3, -0.25) is 4.68 Å². The summed E-state index contributed by atoms with van der Waals surface area (Å²) in [7, 11) is 0. The van der Waals surface area contributed by atoms with E-state index in [0.717, 1.165) is 28.2 Å². The van der Waals surface area contributed by atoms with Crippen molar-refractivity contribution >= 4 is 11.5 Å². The third-order valence-corrected chi connectivity index (χ3v) is 4.46. The Morgan fingerprint density at radius 1 is 1.08 bits per heavy atom. The fraction of sp³-hybridized carbons (Fsp3) is 0.167. The second-order valence-corrected chi connectivity index (χ2v) is 6.14. The average molecular weight is 350 g/mol. The number of benzene rings is 1. The molecule has 26 heavy (non-hydrogen) atoms. The van der Waals surface area contributed by atoms with Gasteiger partial charge >= 0.3 is 0 Å². The summed E-state index contributed by atoms with van der Waals surface area (Å²) in [5, 5.41) is 9.38. The molecule has 3 aromatic heterocycles. The predicted octanol–water partition coefficient (Wildman–Crippen LogP) is 2.51. The topological polar surface area (TPSA) is 83.3 Å². The van der Waals surface area contributed by atoms with Crippen LogP contribution in [0.3, 0.4) is 0 Å². The zero-order valence-electron chi connectivity index (χ0n) is 13.8. The predicted molar refractivity (Wildman–Crippen MR) is 93.7 cm³/mol. The standard InChI is InChI=1S/C18H15FN6O/c19-12-3-1-11(2-4-12)18-17(14-10-26-8-7-24(14)23-18)13-5-6-16-21-15(20)9-25(16)22-13/h1-6,9H,7-8,10,20H2. The zero-order valence-corrected chi connectivity index (χ0v) is 13.8. The van der Waals surface area contributed by atoms with Crippen LogP contribution in [-0.4, -0.2) is 31.0 Å². The Hall–Kier alpha value is -3.26. The molecule has 0 saturated carbocycles. The van der Waals surface area contributed by atoms with Gasteiger partial charge in [0.05, 0.1) is 42.9 Å². The smallest absolute Gasteiger partial charge is 0.156 e. The summed E-state index contributed by atoms with van der Waals surface area (Å²) in [6.07, 6.45) is 1.67. The first-order valence-corrected chi connectivity index (χ1v) is 8.25. The van der Waals surface area contributed by atoms with Crippen molar-refractivity contribution in [3.05, 3.63) is 54.1 Å². The van der Waals surface area contributed by atoms with Crippen LogP contribution in [0.1, 0.15) is 5.69 Å². The van der Waals surface area contributed by atoms with Crippen molar-refractivity contribution in [3.8, 4) is 22.5 Å². The SMILES string of the molecule is Nc1cn2nc(-c3c(-c4ccc(F)cc4)nn4c3COCC4)ccc2n1. The maximum absolute atomic E-state index is 13.3. The molecule has 0 fully saturated rings. The summed E-state index contributed by atoms with van der Waals surface area (Å²) in [5.41, 5.74) is 10.6. The van der Waals surface area contributed by atoms with Crippen molar-refractivity contribution in [2.45, 2.75) is 13.2 Å². The van der Waals surface area contributed by atoms with Crippen LogP contribution in [0.5, 0.6) is 0 Å². The number of nitrogens with two attached hydrogens (primary N) is 1. The Morgan fingerprint density at radius 2 is 1.92 bits per heavy atom. The van der Waals surface area contributed by atoms with Crippen LogP contribution in [0, 0.1) is 5.82 Å². The molecule has 0 bridgehead atoms. The molecule has 8 heteroatoms. The van der Waals surface area contributed by atoms with E-state index in [2.05, 4.69) is 10.1 Å². The summed E-state index contributed by atoms with van der Waals surface area (Å²) < 4.78 is 22.6. The summed E-state index contributed by atoms with van der Waals surface area (Å²) in [6, 6.07) is 10.1. The molecule has 7 nitrogen and oxygen atoms in total. The van der Waals surface area contributed by atoms with Gasteiger partial charge in [0.25, 0.3) is 0 Å². The number of nitrogen functional groups attached to an aromatic ring is 1. The number of imidazole rings is 1. The third-order valence-electron chi connectivity index (χ3n) is 4.46. The minimum atomic E-state index is -0.281. The monoisotopic (exact) mass is 350 g/mol. The minimum absolute atomic E-state index is 0.281. The summed E-state index contributed by atoms with van der Waals surface area (Å²) in [5.74, 6) is 0.129. The molecule has 1 aromatic carbocycles. The number of hydrogen-bond acceptors (Lipinski definition) is 5. The summed E-state index contributed by atoms with van der Waals surface area (Å²) >= 11 is 0. The number of hydrogen-bond donors (Lipinski definition) is 1. The Bertz CT molecular complexity index is 1110. The van der Waals surface area contributed by atoms with E-state index in [-0.39, 0.29) is 5.82 Å². The molecular formula is C18H15FN6O. The van der Waals surface area contributed by atoms with E-state index in [1.54, 1.807) is 22.8 Å². The van der Waals surface area contributed by atoms with E-state index in [1.807, 2.05) is 16.8 Å². The second kappa shape index (κ2) is 5.63. The highest BCUT2D eigenvalue weighted by Crippen LogP contribution is 2.35. The van der Waals surface area contributed by atoms with Gasteiger partial charge in [-0.2, -0.15) is 10.2 Å². The molecule has 5 rings (SSSR count). The van der Waals surface area contributed by atoms with Gasteiger partial charge < -0.3 is 10.5 Å². The molecule has 4 aromatic rings. The van der Waals surface area contributed by atoms with Gasteiger partial charge in [0.1, 0.15) is 17.3 Å². The van der Waals surface area contributed by atoms with Crippen LogP contribution in [0.2, 0.25) is 0 Å². The van der Waals surface area contributed by atoms with Crippen molar-refractivity contribution in [1.82, 2.24) is 24.4 Å². The van der Waals surface area contributed by atoms with E-state index in [1.165, 1.54) is 12.1 Å². The highest BCUT2D eigenvalue weighted by Gasteiger charge is 2.24. The van der Waals surface area contributed by atoms with Crippen molar-refractivity contribution < 1.29 is 9.13 Å². The zero-order chi connectivity index (χ0) is 17.7. The third kappa shape index (κ3) is 2.34. The fourth-order valence-corrected chi connectivity index (χ4v) is 3.26. The van der Waals surface area contributed by atoms with Crippen LogP contribution >= 0.6 is 0 Å². The Labute approximate surface area is 147 Å². The molecule has 0 amide bonds. The largest absolute Gasteiger partial charge is 0.382 e. The quantitative estimate of drug-likeness (QED) is 0.601. The fourth-order valence-electron chi connectivity index (χ4n) is 3.26. The molecule has 4 heterocycles. The second-order valence-electron chi connectivity index (χ2n) is 6.14. The Kier molecular flexibility index (Phi) is 3.26. The van der Waals surface area contributed by atoms with Crippen molar-refractivity contribution in [2.75, 3.05) is 12.3 Å². The van der Waals surface area contributed by atoms with Gasteiger partial charge in [-0.15, -0.1) is 0 Å². The van der Waals surface area contributed by atoms with Gasteiger partial charge in [0, 0.05) is 5.56 Å². The lowest BCUT2D eigenvalue weighted by molar-refractivity contribution is 0.0804. The summed E-state index contributed by atoms with van der Waals surface area (Å²) in [6.45, 7) is 1.74. The normalized spacial score (nSPS) is 13.9. The Morgan fingerprint density at radius 3 is 2.77 bits per heavy atom. The molecule has 0 saturated heterocycles. The van der Waals surface area contributed by atoms with Gasteiger partial charge in [-0.05, 0) is 36.4 Å². The van der Waals surface area contributed by atoms with Crippen LogP contribution in [0.15, 0.2) is 42.6 Å². The maximum Gasteiger partial charge on any atom is 0.156 e. The maximum atomic E-state index is 13.3. The number of halogens is 1. The lowest BCUT2D eigenvalue weighted by Gasteiger charge is -2.15.